The number of rotatable bonds is 2. The Labute approximate surface area is 106 Å². The Balaban J connectivity index is 1.83. The molecular weight excluding hydrogens is 224 g/mol. The minimum Gasteiger partial charge on any atom is -0.273 e. The van der Waals surface area contributed by atoms with Gasteiger partial charge in [-0.25, -0.2) is 10.4 Å². The summed E-state index contributed by atoms with van der Waals surface area (Å²) >= 11 is 0. The lowest BCUT2D eigenvalue weighted by atomic mass is 10.1. The third-order valence-corrected chi connectivity index (χ3v) is 3.13. The molecule has 2 aromatic carbocycles. The van der Waals surface area contributed by atoms with Gasteiger partial charge in [-0.1, -0.05) is 48.5 Å². The number of anilines is 1. The first-order valence-corrected chi connectivity index (χ1v) is 6.04. The summed E-state index contributed by atoms with van der Waals surface area (Å²) < 4.78 is 0. The summed E-state index contributed by atoms with van der Waals surface area (Å²) in [6.45, 7) is 0. The number of carbonyl (C=O) groups excluding carboxylic acids is 1. The van der Waals surface area contributed by atoms with E-state index in [1.54, 1.807) is 5.01 Å². The number of carbonyl (C=O) groups is 1. The van der Waals surface area contributed by atoms with Crippen molar-refractivity contribution in [2.24, 2.45) is 0 Å². The first-order valence-electron chi connectivity index (χ1n) is 6.04. The number of para-hydroxylation sites is 1. The van der Waals surface area contributed by atoms with Crippen LogP contribution < -0.4 is 10.4 Å². The molecule has 1 aliphatic rings. The number of hydrogen-bond donors (Lipinski definition) is 1. The van der Waals surface area contributed by atoms with Crippen LogP contribution in [0.1, 0.15) is 18.0 Å². The minimum absolute atomic E-state index is 0.0684. The van der Waals surface area contributed by atoms with Crippen molar-refractivity contribution in [1.82, 2.24) is 5.43 Å². The van der Waals surface area contributed by atoms with Crippen LogP contribution in [0.4, 0.5) is 5.69 Å². The Kier molecular flexibility index (Phi) is 2.82. The van der Waals surface area contributed by atoms with Gasteiger partial charge in [-0.05, 0) is 17.7 Å². The first kappa shape index (κ1) is 11.0. The molecule has 2 aromatic rings. The third-order valence-electron chi connectivity index (χ3n) is 3.13. The molecule has 0 aromatic heterocycles. The van der Waals surface area contributed by atoms with Crippen molar-refractivity contribution in [2.75, 3.05) is 5.01 Å². The normalized spacial score (nSPS) is 19.2. The quantitative estimate of drug-likeness (QED) is 0.872. The van der Waals surface area contributed by atoms with Gasteiger partial charge < -0.3 is 0 Å². The third kappa shape index (κ3) is 2.00. The van der Waals surface area contributed by atoms with Gasteiger partial charge in [-0.2, -0.15) is 0 Å². The van der Waals surface area contributed by atoms with E-state index in [2.05, 4.69) is 5.43 Å². The van der Waals surface area contributed by atoms with Crippen LogP contribution in [0.3, 0.4) is 0 Å². The summed E-state index contributed by atoms with van der Waals surface area (Å²) in [6, 6.07) is 19.8. The second-order valence-electron chi connectivity index (χ2n) is 4.36. The molecule has 0 spiro atoms. The van der Waals surface area contributed by atoms with Crippen LogP contribution in [0.15, 0.2) is 60.7 Å². The van der Waals surface area contributed by atoms with E-state index in [1.165, 1.54) is 0 Å². The van der Waals surface area contributed by atoms with E-state index >= 15 is 0 Å². The maximum Gasteiger partial charge on any atom is 0.243 e. The zero-order valence-corrected chi connectivity index (χ0v) is 9.91. The molecule has 1 saturated heterocycles. The molecule has 1 fully saturated rings. The van der Waals surface area contributed by atoms with Gasteiger partial charge in [-0.15, -0.1) is 0 Å². The molecule has 0 saturated carbocycles. The number of nitrogens with one attached hydrogen (secondary N) is 1. The molecule has 90 valence electrons. The zero-order chi connectivity index (χ0) is 12.4. The largest absolute Gasteiger partial charge is 0.273 e. The first-order chi connectivity index (χ1) is 8.84. The molecule has 3 nitrogen and oxygen atoms in total. The van der Waals surface area contributed by atoms with Gasteiger partial charge in [0.05, 0.1) is 11.7 Å². The van der Waals surface area contributed by atoms with Crippen molar-refractivity contribution < 1.29 is 4.79 Å². The van der Waals surface area contributed by atoms with Crippen molar-refractivity contribution in [3.05, 3.63) is 66.2 Å². The average molecular weight is 238 g/mol. The average Bonchev–Trinajstić information content (AvgIpc) is 2.83. The van der Waals surface area contributed by atoms with Crippen molar-refractivity contribution >= 4 is 11.6 Å². The Hall–Kier alpha value is -2.13. The Morgan fingerprint density at radius 3 is 2.22 bits per heavy atom. The smallest absolute Gasteiger partial charge is 0.243 e. The minimum atomic E-state index is 0.0684. The van der Waals surface area contributed by atoms with Gasteiger partial charge in [0.2, 0.25) is 5.91 Å². The van der Waals surface area contributed by atoms with Crippen molar-refractivity contribution in [1.29, 1.82) is 0 Å². The number of hydrazine groups is 1. The van der Waals surface area contributed by atoms with Crippen molar-refractivity contribution in [3.63, 3.8) is 0 Å². The Morgan fingerprint density at radius 2 is 1.56 bits per heavy atom. The maximum atomic E-state index is 12.0. The van der Waals surface area contributed by atoms with Crippen molar-refractivity contribution in [3.8, 4) is 0 Å². The SMILES string of the molecule is O=C1C[C@@H](c2ccccc2)NN1c1ccccc1. The van der Waals surface area contributed by atoms with E-state index in [-0.39, 0.29) is 11.9 Å². The molecule has 18 heavy (non-hydrogen) atoms. The van der Waals surface area contributed by atoms with E-state index in [9.17, 15) is 4.79 Å². The van der Waals surface area contributed by atoms with E-state index in [0.29, 0.717) is 6.42 Å². The number of hydrogen-bond acceptors (Lipinski definition) is 2. The topological polar surface area (TPSA) is 32.3 Å². The lowest BCUT2D eigenvalue weighted by molar-refractivity contribution is -0.117. The fraction of sp³-hybridized carbons (Fsp3) is 0.133. The zero-order valence-electron chi connectivity index (χ0n) is 9.91. The summed E-state index contributed by atoms with van der Waals surface area (Å²) in [7, 11) is 0. The highest BCUT2D eigenvalue weighted by atomic mass is 16.2. The molecule has 0 radical (unpaired) electrons. The lowest BCUT2D eigenvalue weighted by Gasteiger charge is -2.18. The van der Waals surface area contributed by atoms with Gasteiger partial charge in [0, 0.05) is 6.42 Å². The molecule has 3 rings (SSSR count). The molecule has 0 aliphatic carbocycles. The second kappa shape index (κ2) is 4.63. The lowest BCUT2D eigenvalue weighted by Crippen LogP contribution is -2.34. The van der Waals surface area contributed by atoms with Crippen molar-refractivity contribution in [2.45, 2.75) is 12.5 Å². The number of nitrogens with zero attached hydrogens (tertiary/aromatic N) is 1. The van der Waals surface area contributed by atoms with Gasteiger partial charge in [0.25, 0.3) is 0 Å². The van der Waals surface area contributed by atoms with Crippen LogP contribution in [0.25, 0.3) is 0 Å². The molecule has 1 atom stereocenters. The fourth-order valence-corrected chi connectivity index (χ4v) is 2.21. The van der Waals surface area contributed by atoms with E-state index in [1.807, 2.05) is 60.7 Å². The van der Waals surface area contributed by atoms with Crippen LogP contribution >= 0.6 is 0 Å². The summed E-state index contributed by atoms with van der Waals surface area (Å²) in [5.41, 5.74) is 5.29. The Morgan fingerprint density at radius 1 is 0.944 bits per heavy atom. The second-order valence-corrected chi connectivity index (χ2v) is 4.36. The van der Waals surface area contributed by atoms with Gasteiger partial charge in [-0.3, -0.25) is 4.79 Å². The van der Waals surface area contributed by atoms with E-state index in [4.69, 9.17) is 0 Å². The number of amides is 1. The van der Waals surface area contributed by atoms with Crippen LogP contribution in [-0.2, 0) is 4.79 Å². The summed E-state index contributed by atoms with van der Waals surface area (Å²) in [5.74, 6) is 0.107. The van der Waals surface area contributed by atoms with Crippen LogP contribution in [0.5, 0.6) is 0 Å². The van der Waals surface area contributed by atoms with Crippen LogP contribution in [0.2, 0.25) is 0 Å². The molecule has 1 aliphatic heterocycles. The molecule has 0 unspecified atom stereocenters. The van der Waals surface area contributed by atoms with Crippen LogP contribution in [-0.4, -0.2) is 5.91 Å². The summed E-state index contributed by atoms with van der Waals surface area (Å²) in [5, 5.41) is 1.64. The molecule has 1 amide bonds. The predicted octanol–water partition coefficient (Wildman–Crippen LogP) is 2.67. The molecule has 1 N–H and O–H groups in total. The highest BCUT2D eigenvalue weighted by Gasteiger charge is 2.30. The summed E-state index contributed by atoms with van der Waals surface area (Å²) in [4.78, 5) is 12.0. The van der Waals surface area contributed by atoms with Gasteiger partial charge in [0.1, 0.15) is 0 Å². The van der Waals surface area contributed by atoms with Gasteiger partial charge in [0.15, 0.2) is 0 Å². The van der Waals surface area contributed by atoms with Gasteiger partial charge >= 0.3 is 0 Å². The number of benzene rings is 2. The summed E-state index contributed by atoms with van der Waals surface area (Å²) in [6.07, 6.45) is 0.499. The molecule has 0 bridgehead atoms. The standard InChI is InChI=1S/C15H14N2O/c18-15-11-14(12-7-3-1-4-8-12)16-17(15)13-9-5-2-6-10-13/h1-10,14,16H,11H2/t14-/m0/s1. The Bertz CT molecular complexity index is 539. The van der Waals surface area contributed by atoms with E-state index < -0.39 is 0 Å². The highest BCUT2D eigenvalue weighted by molar-refractivity contribution is 5.95. The molecular formula is C15H14N2O. The molecule has 3 heteroatoms. The fourth-order valence-electron chi connectivity index (χ4n) is 2.21. The highest BCUT2D eigenvalue weighted by Crippen LogP contribution is 2.27. The van der Waals surface area contributed by atoms with E-state index in [0.717, 1.165) is 11.3 Å². The maximum absolute atomic E-state index is 12.0. The van der Waals surface area contributed by atoms with Crippen LogP contribution in [0, 0.1) is 0 Å². The monoisotopic (exact) mass is 238 g/mol. The molecule has 1 heterocycles. The predicted molar refractivity (Wildman–Crippen MR) is 70.9 cm³/mol.